The summed E-state index contributed by atoms with van der Waals surface area (Å²) in [5.74, 6) is 4.95. The van der Waals surface area contributed by atoms with Crippen molar-refractivity contribution < 1.29 is 9.90 Å². The number of carbonyl (C=O) groups is 1. The first kappa shape index (κ1) is 10.1. The second kappa shape index (κ2) is 4.29. The zero-order valence-corrected chi connectivity index (χ0v) is 7.89. The van der Waals surface area contributed by atoms with Crippen LogP contribution in [0.1, 0.15) is 32.6 Å². The highest BCUT2D eigenvalue weighted by Gasteiger charge is 2.40. The molecular weight excluding hydrogens is 166 g/mol. The van der Waals surface area contributed by atoms with Gasteiger partial charge >= 0.3 is 5.97 Å². The van der Waals surface area contributed by atoms with E-state index in [2.05, 4.69) is 17.2 Å². The number of rotatable bonds is 3. The molecule has 1 unspecified atom stereocenters. The first-order chi connectivity index (χ1) is 6.21. The first-order valence-electron chi connectivity index (χ1n) is 4.59. The van der Waals surface area contributed by atoms with Crippen molar-refractivity contribution in [3.05, 3.63) is 0 Å². The SMILES string of the molecule is CC#CCCC1(C(=O)O)CCCN1. The zero-order valence-electron chi connectivity index (χ0n) is 7.89. The Morgan fingerprint density at radius 1 is 1.69 bits per heavy atom. The molecule has 3 nitrogen and oxygen atoms in total. The summed E-state index contributed by atoms with van der Waals surface area (Å²) in [6, 6.07) is 0. The average Bonchev–Trinajstić information content (AvgIpc) is 2.55. The fraction of sp³-hybridized carbons (Fsp3) is 0.700. The van der Waals surface area contributed by atoms with Gasteiger partial charge in [-0.05, 0) is 32.7 Å². The molecule has 0 bridgehead atoms. The molecule has 0 aromatic rings. The summed E-state index contributed by atoms with van der Waals surface area (Å²) < 4.78 is 0. The number of carboxylic acids is 1. The maximum atomic E-state index is 11.0. The molecule has 1 atom stereocenters. The van der Waals surface area contributed by atoms with Crippen LogP contribution in [-0.4, -0.2) is 23.2 Å². The van der Waals surface area contributed by atoms with Crippen LogP contribution in [0.25, 0.3) is 0 Å². The highest BCUT2D eigenvalue weighted by Crippen LogP contribution is 2.24. The van der Waals surface area contributed by atoms with Crippen LogP contribution in [0.4, 0.5) is 0 Å². The Morgan fingerprint density at radius 3 is 2.92 bits per heavy atom. The van der Waals surface area contributed by atoms with E-state index < -0.39 is 11.5 Å². The van der Waals surface area contributed by atoms with Gasteiger partial charge in [-0.15, -0.1) is 11.8 Å². The minimum Gasteiger partial charge on any atom is -0.480 e. The fourth-order valence-electron chi connectivity index (χ4n) is 1.71. The van der Waals surface area contributed by atoms with Gasteiger partial charge in [-0.1, -0.05) is 0 Å². The smallest absolute Gasteiger partial charge is 0.323 e. The summed E-state index contributed by atoms with van der Waals surface area (Å²) in [5.41, 5.74) is -0.691. The highest BCUT2D eigenvalue weighted by atomic mass is 16.4. The van der Waals surface area contributed by atoms with Crippen molar-refractivity contribution >= 4 is 5.97 Å². The summed E-state index contributed by atoms with van der Waals surface area (Å²) in [4.78, 5) is 11.0. The molecule has 1 heterocycles. The molecule has 0 aromatic heterocycles. The Morgan fingerprint density at radius 2 is 2.46 bits per heavy atom. The van der Waals surface area contributed by atoms with E-state index in [1.54, 1.807) is 6.92 Å². The van der Waals surface area contributed by atoms with Gasteiger partial charge in [0.2, 0.25) is 0 Å². The molecule has 0 amide bonds. The summed E-state index contributed by atoms with van der Waals surface area (Å²) >= 11 is 0. The number of aliphatic carboxylic acids is 1. The van der Waals surface area contributed by atoms with Crippen molar-refractivity contribution in [1.82, 2.24) is 5.32 Å². The number of hydrogen-bond acceptors (Lipinski definition) is 2. The molecule has 0 radical (unpaired) electrons. The van der Waals surface area contributed by atoms with Crippen LogP contribution in [0.3, 0.4) is 0 Å². The van der Waals surface area contributed by atoms with Crippen molar-refractivity contribution in [3.8, 4) is 11.8 Å². The predicted molar refractivity (Wildman–Crippen MR) is 50.3 cm³/mol. The van der Waals surface area contributed by atoms with E-state index in [0.29, 0.717) is 12.8 Å². The van der Waals surface area contributed by atoms with Crippen molar-refractivity contribution in [2.75, 3.05) is 6.54 Å². The number of nitrogens with one attached hydrogen (secondary N) is 1. The number of hydrogen-bond donors (Lipinski definition) is 2. The molecule has 1 fully saturated rings. The molecule has 13 heavy (non-hydrogen) atoms. The Bertz CT molecular complexity index is 243. The van der Waals surface area contributed by atoms with Gasteiger partial charge in [0.25, 0.3) is 0 Å². The lowest BCUT2D eigenvalue weighted by molar-refractivity contribution is -0.144. The monoisotopic (exact) mass is 181 g/mol. The lowest BCUT2D eigenvalue weighted by Gasteiger charge is -2.23. The van der Waals surface area contributed by atoms with E-state index >= 15 is 0 Å². The van der Waals surface area contributed by atoms with E-state index in [9.17, 15) is 4.79 Å². The van der Waals surface area contributed by atoms with Gasteiger partial charge in [0.05, 0.1) is 0 Å². The van der Waals surface area contributed by atoms with Gasteiger partial charge in [0.1, 0.15) is 5.54 Å². The topological polar surface area (TPSA) is 49.3 Å². The summed E-state index contributed by atoms with van der Waals surface area (Å²) in [6.45, 7) is 2.58. The van der Waals surface area contributed by atoms with E-state index in [1.165, 1.54) is 0 Å². The van der Waals surface area contributed by atoms with Crippen molar-refractivity contribution in [1.29, 1.82) is 0 Å². The van der Waals surface area contributed by atoms with Crippen molar-refractivity contribution in [3.63, 3.8) is 0 Å². The molecule has 2 N–H and O–H groups in total. The summed E-state index contributed by atoms with van der Waals surface area (Å²) in [5, 5.41) is 12.1. The number of carboxylic acid groups (broad SMARTS) is 1. The fourth-order valence-corrected chi connectivity index (χ4v) is 1.71. The van der Waals surface area contributed by atoms with Gasteiger partial charge < -0.3 is 10.4 Å². The quantitative estimate of drug-likeness (QED) is 0.638. The maximum Gasteiger partial charge on any atom is 0.323 e. The lowest BCUT2D eigenvalue weighted by atomic mass is 9.92. The predicted octanol–water partition coefficient (Wildman–Crippen LogP) is 0.997. The largest absolute Gasteiger partial charge is 0.480 e. The van der Waals surface area contributed by atoms with E-state index in [-0.39, 0.29) is 0 Å². The third-order valence-corrected chi connectivity index (χ3v) is 2.51. The van der Waals surface area contributed by atoms with Crippen LogP contribution < -0.4 is 5.32 Å². The normalized spacial score (nSPS) is 26.5. The second-order valence-corrected chi connectivity index (χ2v) is 3.34. The van der Waals surface area contributed by atoms with Crippen LogP contribution in [0.5, 0.6) is 0 Å². The van der Waals surface area contributed by atoms with Gasteiger partial charge in [0.15, 0.2) is 0 Å². The molecule has 1 aliphatic rings. The zero-order chi connectivity index (χ0) is 9.73. The molecule has 1 rings (SSSR count). The Balaban J connectivity index is 2.55. The molecule has 0 spiro atoms. The minimum atomic E-state index is -0.733. The Hall–Kier alpha value is -1.01. The molecule has 0 aliphatic carbocycles. The maximum absolute atomic E-state index is 11.0. The van der Waals surface area contributed by atoms with E-state index in [4.69, 9.17) is 5.11 Å². The molecule has 1 aliphatic heterocycles. The van der Waals surface area contributed by atoms with Crippen LogP contribution in [0.15, 0.2) is 0 Å². The van der Waals surface area contributed by atoms with Gasteiger partial charge in [-0.2, -0.15) is 0 Å². The standard InChI is InChI=1S/C10H15NO2/c1-2-3-4-6-10(9(12)13)7-5-8-11-10/h11H,4-8H2,1H3,(H,12,13). The summed E-state index contributed by atoms with van der Waals surface area (Å²) in [6.07, 6.45) is 2.96. The second-order valence-electron chi connectivity index (χ2n) is 3.34. The van der Waals surface area contributed by atoms with Crippen LogP contribution in [-0.2, 0) is 4.79 Å². The highest BCUT2D eigenvalue weighted by molar-refractivity contribution is 5.79. The van der Waals surface area contributed by atoms with E-state index in [0.717, 1.165) is 19.4 Å². The van der Waals surface area contributed by atoms with Gasteiger partial charge in [0, 0.05) is 6.42 Å². The first-order valence-corrected chi connectivity index (χ1v) is 4.59. The molecule has 0 saturated carbocycles. The average molecular weight is 181 g/mol. The molecular formula is C10H15NO2. The molecule has 0 aromatic carbocycles. The van der Waals surface area contributed by atoms with Gasteiger partial charge in [-0.25, -0.2) is 0 Å². The van der Waals surface area contributed by atoms with E-state index in [1.807, 2.05) is 0 Å². The summed E-state index contributed by atoms with van der Waals surface area (Å²) in [7, 11) is 0. The Labute approximate surface area is 78.5 Å². The lowest BCUT2D eigenvalue weighted by Crippen LogP contribution is -2.47. The minimum absolute atomic E-state index is 0.614. The van der Waals surface area contributed by atoms with Crippen LogP contribution in [0, 0.1) is 11.8 Å². The third kappa shape index (κ3) is 2.22. The van der Waals surface area contributed by atoms with Crippen molar-refractivity contribution in [2.45, 2.75) is 38.1 Å². The molecule has 3 heteroatoms. The van der Waals surface area contributed by atoms with Crippen LogP contribution in [0.2, 0.25) is 0 Å². The molecule has 1 saturated heterocycles. The third-order valence-electron chi connectivity index (χ3n) is 2.51. The van der Waals surface area contributed by atoms with Crippen LogP contribution >= 0.6 is 0 Å². The van der Waals surface area contributed by atoms with Crippen molar-refractivity contribution in [2.24, 2.45) is 0 Å². The van der Waals surface area contributed by atoms with Gasteiger partial charge in [-0.3, -0.25) is 4.79 Å². The Kier molecular flexibility index (Phi) is 3.32. The molecule has 72 valence electrons.